The Hall–Kier alpha value is -4.16. The summed E-state index contributed by atoms with van der Waals surface area (Å²) < 4.78 is 35.2. The smallest absolute Gasteiger partial charge is 0.296 e. The van der Waals surface area contributed by atoms with E-state index in [1.54, 1.807) is 31.2 Å². The zero-order chi connectivity index (χ0) is 28.7. The molecule has 11 heteroatoms. The van der Waals surface area contributed by atoms with Gasteiger partial charge in [-0.3, -0.25) is 9.35 Å². The van der Waals surface area contributed by atoms with Crippen LogP contribution in [0.5, 0.6) is 0 Å². The molecule has 0 unspecified atom stereocenters. The third-order valence-corrected chi connectivity index (χ3v) is 9.90. The molecule has 0 fully saturated rings. The molecule has 0 bridgehead atoms. The van der Waals surface area contributed by atoms with Gasteiger partial charge < -0.3 is 10.6 Å². The van der Waals surface area contributed by atoms with Gasteiger partial charge in [-0.25, -0.2) is 9.97 Å². The Morgan fingerprint density at radius 1 is 0.829 bits per heavy atom. The first-order chi connectivity index (χ1) is 19.7. The molecule has 0 aliphatic rings. The van der Waals surface area contributed by atoms with Crippen LogP contribution in [-0.2, 0) is 10.1 Å². The van der Waals surface area contributed by atoms with Crippen LogP contribution in [0, 0.1) is 6.92 Å². The molecule has 2 aromatic heterocycles. The standard InChI is InChI=1S/C30H24N4O4S3/c1-3-31-21-10-5-18(6-11-21)28(35)32-22-12-7-19(8-13-22)29-33-23-15-9-20(16-25(23)39-29)30-34-24-14-4-17(2)27(26(24)40-30)41(36,37)38/h4-16,31H,3H2,1-2H3,(H,32,35)(H,36,37,38). The van der Waals surface area contributed by atoms with Crippen LogP contribution >= 0.6 is 22.7 Å². The minimum Gasteiger partial charge on any atom is -0.385 e. The van der Waals surface area contributed by atoms with E-state index in [1.165, 1.54) is 22.7 Å². The van der Waals surface area contributed by atoms with Gasteiger partial charge >= 0.3 is 0 Å². The molecule has 0 saturated carbocycles. The average Bonchev–Trinajstić information content (AvgIpc) is 3.57. The van der Waals surface area contributed by atoms with Crippen LogP contribution in [0.1, 0.15) is 22.8 Å². The molecule has 0 aliphatic carbocycles. The quantitative estimate of drug-likeness (QED) is 0.162. The van der Waals surface area contributed by atoms with Gasteiger partial charge in [-0.1, -0.05) is 6.07 Å². The summed E-state index contributed by atoms with van der Waals surface area (Å²) in [6.07, 6.45) is 0. The van der Waals surface area contributed by atoms with Crippen LogP contribution in [-0.4, -0.2) is 35.4 Å². The second-order valence-corrected chi connectivity index (χ2v) is 12.8. The zero-order valence-corrected chi connectivity index (χ0v) is 24.5. The van der Waals surface area contributed by atoms with E-state index in [0.29, 0.717) is 32.0 Å². The molecule has 8 nitrogen and oxygen atoms in total. The lowest BCUT2D eigenvalue weighted by Gasteiger charge is -2.07. The van der Waals surface area contributed by atoms with Crippen LogP contribution in [0.2, 0.25) is 0 Å². The number of anilines is 2. The summed E-state index contributed by atoms with van der Waals surface area (Å²) in [6, 6.07) is 24.1. The van der Waals surface area contributed by atoms with Crippen molar-refractivity contribution in [2.75, 3.05) is 17.2 Å². The topological polar surface area (TPSA) is 121 Å². The normalized spacial score (nSPS) is 11.7. The van der Waals surface area contributed by atoms with Crippen molar-refractivity contribution in [2.45, 2.75) is 18.7 Å². The van der Waals surface area contributed by atoms with E-state index >= 15 is 0 Å². The first-order valence-corrected chi connectivity index (χ1v) is 15.8. The highest BCUT2D eigenvalue weighted by Gasteiger charge is 2.21. The van der Waals surface area contributed by atoms with E-state index < -0.39 is 10.1 Å². The number of amides is 1. The zero-order valence-electron chi connectivity index (χ0n) is 22.0. The largest absolute Gasteiger partial charge is 0.385 e. The minimum atomic E-state index is -4.38. The van der Waals surface area contributed by atoms with E-state index in [9.17, 15) is 17.8 Å². The predicted octanol–water partition coefficient (Wildman–Crippen LogP) is 7.48. The lowest BCUT2D eigenvalue weighted by Crippen LogP contribution is -2.11. The number of carbonyl (C=O) groups excluding carboxylic acids is 1. The summed E-state index contributed by atoms with van der Waals surface area (Å²) in [5, 5.41) is 7.64. The number of nitrogens with zero attached hydrogens (tertiary/aromatic N) is 2. The molecule has 4 aromatic carbocycles. The molecular weight excluding hydrogens is 577 g/mol. The van der Waals surface area contributed by atoms with Crippen LogP contribution in [0.3, 0.4) is 0 Å². The highest BCUT2D eigenvalue weighted by molar-refractivity contribution is 7.86. The molecule has 1 amide bonds. The molecule has 41 heavy (non-hydrogen) atoms. The maximum Gasteiger partial charge on any atom is 0.296 e. The van der Waals surface area contributed by atoms with E-state index in [1.807, 2.05) is 61.5 Å². The van der Waals surface area contributed by atoms with E-state index in [2.05, 4.69) is 15.6 Å². The Bertz CT molecular complexity index is 2030. The SMILES string of the molecule is CCNc1ccc(C(=O)Nc2ccc(-c3nc4ccc(-c5nc6ccc(C)c(S(=O)(=O)O)c6s5)cc4s3)cc2)cc1. The number of hydrogen-bond acceptors (Lipinski definition) is 8. The van der Waals surface area contributed by atoms with Gasteiger partial charge in [0.2, 0.25) is 0 Å². The number of carbonyl (C=O) groups is 1. The Morgan fingerprint density at radius 2 is 1.46 bits per heavy atom. The summed E-state index contributed by atoms with van der Waals surface area (Å²) >= 11 is 2.77. The van der Waals surface area contributed by atoms with Gasteiger partial charge in [-0.2, -0.15) is 8.42 Å². The van der Waals surface area contributed by atoms with Gasteiger partial charge in [-0.15, -0.1) is 22.7 Å². The van der Waals surface area contributed by atoms with Gasteiger partial charge in [0.1, 0.15) is 14.9 Å². The van der Waals surface area contributed by atoms with Crippen molar-refractivity contribution in [3.8, 4) is 21.1 Å². The van der Waals surface area contributed by atoms with Gasteiger partial charge in [0.15, 0.2) is 0 Å². The monoisotopic (exact) mass is 600 g/mol. The number of aryl methyl sites for hydroxylation is 1. The van der Waals surface area contributed by atoms with Gasteiger partial charge in [0.25, 0.3) is 16.0 Å². The number of thiazole rings is 2. The van der Waals surface area contributed by atoms with Crippen molar-refractivity contribution in [2.24, 2.45) is 0 Å². The number of rotatable bonds is 7. The Morgan fingerprint density at radius 3 is 2.17 bits per heavy atom. The number of fused-ring (bicyclic) bond motifs is 2. The fourth-order valence-corrected chi connectivity index (χ4v) is 7.85. The number of hydrogen-bond donors (Lipinski definition) is 3. The van der Waals surface area contributed by atoms with Gasteiger partial charge in [-0.05, 0) is 92.2 Å². The van der Waals surface area contributed by atoms with Crippen molar-refractivity contribution in [1.29, 1.82) is 0 Å². The maximum absolute atomic E-state index is 12.7. The molecule has 0 aliphatic heterocycles. The van der Waals surface area contributed by atoms with E-state index in [-0.39, 0.29) is 10.8 Å². The van der Waals surface area contributed by atoms with Crippen LogP contribution in [0.25, 0.3) is 41.6 Å². The van der Waals surface area contributed by atoms with Crippen molar-refractivity contribution < 1.29 is 17.8 Å². The first-order valence-electron chi connectivity index (χ1n) is 12.7. The highest BCUT2D eigenvalue weighted by atomic mass is 32.2. The summed E-state index contributed by atoms with van der Waals surface area (Å²) in [4.78, 5) is 22.0. The van der Waals surface area contributed by atoms with Crippen LogP contribution in [0.15, 0.2) is 83.8 Å². The summed E-state index contributed by atoms with van der Waals surface area (Å²) in [5.41, 5.74) is 5.83. The second-order valence-electron chi connectivity index (χ2n) is 9.39. The number of aromatic nitrogens is 2. The Labute approximate surface area is 244 Å². The fraction of sp³-hybridized carbons (Fsp3) is 0.100. The summed E-state index contributed by atoms with van der Waals surface area (Å²) in [6.45, 7) is 4.49. The molecule has 2 heterocycles. The molecule has 3 N–H and O–H groups in total. The molecule has 0 radical (unpaired) electrons. The first kappa shape index (κ1) is 27.0. The van der Waals surface area contributed by atoms with Crippen molar-refractivity contribution >= 4 is 70.5 Å². The van der Waals surface area contributed by atoms with Gasteiger partial charge in [0.05, 0.1) is 20.4 Å². The van der Waals surface area contributed by atoms with Crippen LogP contribution in [0.4, 0.5) is 11.4 Å². The third kappa shape index (κ3) is 5.44. The predicted molar refractivity (Wildman–Crippen MR) is 167 cm³/mol. The van der Waals surface area contributed by atoms with E-state index in [0.717, 1.165) is 38.6 Å². The maximum atomic E-state index is 12.7. The van der Waals surface area contributed by atoms with Crippen molar-refractivity contribution in [3.63, 3.8) is 0 Å². The molecule has 0 saturated heterocycles. The number of benzene rings is 4. The molecule has 6 rings (SSSR count). The fourth-order valence-electron chi connectivity index (χ4n) is 4.53. The highest BCUT2D eigenvalue weighted by Crippen LogP contribution is 2.38. The lowest BCUT2D eigenvalue weighted by atomic mass is 10.1. The number of nitrogens with one attached hydrogen (secondary N) is 2. The molecule has 0 atom stereocenters. The lowest BCUT2D eigenvalue weighted by molar-refractivity contribution is 0.102. The minimum absolute atomic E-state index is 0.0956. The average molecular weight is 601 g/mol. The Kier molecular flexibility index (Phi) is 7.04. The third-order valence-electron chi connectivity index (χ3n) is 6.52. The van der Waals surface area contributed by atoms with Crippen molar-refractivity contribution in [3.05, 3.63) is 90.0 Å². The van der Waals surface area contributed by atoms with Gasteiger partial charge in [0, 0.05) is 34.6 Å². The summed E-state index contributed by atoms with van der Waals surface area (Å²) in [7, 11) is -4.38. The Balaban J connectivity index is 1.23. The molecule has 0 spiro atoms. The molecular formula is C30H24N4O4S3. The van der Waals surface area contributed by atoms with Crippen LogP contribution < -0.4 is 10.6 Å². The summed E-state index contributed by atoms with van der Waals surface area (Å²) in [5.74, 6) is -0.179. The van der Waals surface area contributed by atoms with Crippen molar-refractivity contribution in [1.82, 2.24) is 9.97 Å². The van der Waals surface area contributed by atoms with E-state index in [4.69, 9.17) is 4.98 Å². The molecule has 206 valence electrons. The second kappa shape index (κ2) is 10.7. The molecule has 6 aromatic rings.